The number of methoxy groups -OCH3 is 1. The van der Waals surface area contributed by atoms with Gasteiger partial charge < -0.3 is 9.47 Å². The average molecular weight is 438 g/mol. The molecule has 0 radical (unpaired) electrons. The van der Waals surface area contributed by atoms with E-state index in [-0.39, 0.29) is 12.1 Å². The SMILES string of the molecule is COC(=O)Oc1cscc1CN1[C@@H](c2ncccc2C)CCC[C@H]1c1ncccc1C. The summed E-state index contributed by atoms with van der Waals surface area (Å²) in [5.41, 5.74) is 5.55. The summed E-state index contributed by atoms with van der Waals surface area (Å²) < 4.78 is 10.1. The van der Waals surface area contributed by atoms with Gasteiger partial charge in [-0.3, -0.25) is 14.9 Å². The predicted molar refractivity (Wildman–Crippen MR) is 120 cm³/mol. The summed E-state index contributed by atoms with van der Waals surface area (Å²) in [4.78, 5) is 23.7. The van der Waals surface area contributed by atoms with Crippen molar-refractivity contribution in [3.05, 3.63) is 75.5 Å². The quantitative estimate of drug-likeness (QED) is 0.472. The number of carbonyl (C=O) groups is 1. The molecule has 0 N–H and O–H groups in total. The summed E-state index contributed by atoms with van der Waals surface area (Å²) in [5, 5.41) is 3.88. The van der Waals surface area contributed by atoms with E-state index in [9.17, 15) is 4.79 Å². The Balaban J connectivity index is 1.73. The first-order chi connectivity index (χ1) is 15.1. The third kappa shape index (κ3) is 4.62. The normalized spacial score (nSPS) is 19.2. The van der Waals surface area contributed by atoms with Crippen molar-refractivity contribution in [1.29, 1.82) is 0 Å². The van der Waals surface area contributed by atoms with Crippen LogP contribution in [-0.2, 0) is 11.3 Å². The number of thiophene rings is 1. The Labute approximate surface area is 186 Å². The molecule has 4 rings (SSSR count). The van der Waals surface area contributed by atoms with E-state index < -0.39 is 6.16 Å². The monoisotopic (exact) mass is 437 g/mol. The van der Waals surface area contributed by atoms with E-state index in [0.717, 1.165) is 36.2 Å². The summed E-state index contributed by atoms with van der Waals surface area (Å²) in [6.07, 6.45) is 6.19. The minimum atomic E-state index is -0.701. The number of carbonyl (C=O) groups excluding carboxylic acids is 1. The van der Waals surface area contributed by atoms with Crippen molar-refractivity contribution in [3.8, 4) is 5.75 Å². The summed E-state index contributed by atoms with van der Waals surface area (Å²) in [6.45, 7) is 4.87. The van der Waals surface area contributed by atoms with Crippen molar-refractivity contribution in [2.24, 2.45) is 0 Å². The molecule has 0 amide bonds. The third-order valence-corrected chi connectivity index (χ3v) is 6.67. The lowest BCUT2D eigenvalue weighted by Gasteiger charge is -2.42. The fraction of sp³-hybridized carbons (Fsp3) is 0.375. The number of aromatic nitrogens is 2. The standard InChI is InChI=1S/C24H27N3O3S/c1-16-7-5-11-25-22(16)19-9-4-10-20(23-17(2)8-6-12-26-23)27(19)13-18-14-31-15-21(18)30-24(28)29-3/h5-8,11-12,14-15,19-20H,4,9-10,13H2,1-3H3/t19-,20+. The first-order valence-electron chi connectivity index (χ1n) is 10.5. The van der Waals surface area contributed by atoms with Crippen LogP contribution in [-0.4, -0.2) is 28.1 Å². The first kappa shape index (κ1) is 21.5. The van der Waals surface area contributed by atoms with E-state index in [0.29, 0.717) is 12.3 Å². The van der Waals surface area contributed by atoms with Crippen molar-refractivity contribution >= 4 is 17.5 Å². The lowest BCUT2D eigenvalue weighted by molar-refractivity contribution is 0.0666. The van der Waals surface area contributed by atoms with Crippen LogP contribution >= 0.6 is 11.3 Å². The van der Waals surface area contributed by atoms with Crippen molar-refractivity contribution in [3.63, 3.8) is 0 Å². The first-order valence-corrected chi connectivity index (χ1v) is 11.4. The topological polar surface area (TPSA) is 64.6 Å². The number of likely N-dealkylation sites (tertiary alicyclic amines) is 1. The maximum absolute atomic E-state index is 11.7. The fourth-order valence-electron chi connectivity index (χ4n) is 4.40. The Morgan fingerprint density at radius 3 is 2.23 bits per heavy atom. The van der Waals surface area contributed by atoms with E-state index in [2.05, 4.69) is 30.9 Å². The zero-order chi connectivity index (χ0) is 21.8. The summed E-state index contributed by atoms with van der Waals surface area (Å²) >= 11 is 1.52. The van der Waals surface area contributed by atoms with Crippen LogP contribution in [0.3, 0.4) is 0 Å². The van der Waals surface area contributed by atoms with Crippen LogP contribution in [0.5, 0.6) is 5.75 Å². The maximum Gasteiger partial charge on any atom is 0.513 e. The van der Waals surface area contributed by atoms with Gasteiger partial charge in [0, 0.05) is 29.9 Å². The molecule has 3 aromatic heterocycles. The maximum atomic E-state index is 11.7. The molecule has 2 atom stereocenters. The van der Waals surface area contributed by atoms with Gasteiger partial charge in [0.25, 0.3) is 0 Å². The van der Waals surface area contributed by atoms with E-state index in [1.807, 2.05) is 35.3 Å². The molecule has 1 saturated heterocycles. The second-order valence-electron chi connectivity index (χ2n) is 7.86. The van der Waals surface area contributed by atoms with Gasteiger partial charge in [0.15, 0.2) is 0 Å². The minimum absolute atomic E-state index is 0.159. The van der Waals surface area contributed by atoms with Crippen LogP contribution in [0, 0.1) is 13.8 Å². The summed E-state index contributed by atoms with van der Waals surface area (Å²) in [6, 6.07) is 8.51. The number of aryl methyl sites for hydroxylation is 2. The molecule has 0 bridgehead atoms. The van der Waals surface area contributed by atoms with Crippen LogP contribution in [0.1, 0.15) is 59.4 Å². The molecule has 4 heterocycles. The Morgan fingerprint density at radius 2 is 1.68 bits per heavy atom. The largest absolute Gasteiger partial charge is 0.513 e. The van der Waals surface area contributed by atoms with E-state index >= 15 is 0 Å². The van der Waals surface area contributed by atoms with E-state index in [4.69, 9.17) is 19.4 Å². The molecule has 1 aliphatic heterocycles. The van der Waals surface area contributed by atoms with Crippen LogP contribution in [0.4, 0.5) is 4.79 Å². The van der Waals surface area contributed by atoms with Gasteiger partial charge >= 0.3 is 6.16 Å². The molecule has 0 aliphatic carbocycles. The number of hydrogen-bond acceptors (Lipinski definition) is 7. The molecule has 0 spiro atoms. The molecule has 6 nitrogen and oxygen atoms in total. The predicted octanol–water partition coefficient (Wildman–Crippen LogP) is 5.77. The van der Waals surface area contributed by atoms with Crippen LogP contribution < -0.4 is 4.74 Å². The molecule has 7 heteroatoms. The van der Waals surface area contributed by atoms with E-state index in [1.54, 1.807) is 0 Å². The molecule has 1 aliphatic rings. The van der Waals surface area contributed by atoms with Crippen LogP contribution in [0.25, 0.3) is 0 Å². The van der Waals surface area contributed by atoms with Gasteiger partial charge in [-0.2, -0.15) is 0 Å². The fourth-order valence-corrected chi connectivity index (χ4v) is 5.15. The number of rotatable bonds is 5. The third-order valence-electron chi connectivity index (χ3n) is 5.90. The minimum Gasteiger partial charge on any atom is -0.437 e. The lowest BCUT2D eigenvalue weighted by Crippen LogP contribution is -2.37. The Morgan fingerprint density at radius 1 is 1.06 bits per heavy atom. The highest BCUT2D eigenvalue weighted by molar-refractivity contribution is 7.08. The number of piperidine rings is 1. The number of hydrogen-bond donors (Lipinski definition) is 0. The zero-order valence-corrected chi connectivity index (χ0v) is 18.9. The smallest absolute Gasteiger partial charge is 0.437 e. The summed E-state index contributed by atoms with van der Waals surface area (Å²) in [5.74, 6) is 0.551. The molecule has 0 unspecified atom stereocenters. The summed E-state index contributed by atoms with van der Waals surface area (Å²) in [7, 11) is 1.32. The Bertz CT molecular complexity index is 998. The molecular weight excluding hydrogens is 410 g/mol. The second-order valence-corrected chi connectivity index (χ2v) is 8.61. The molecule has 3 aromatic rings. The van der Waals surface area contributed by atoms with Crippen molar-refractivity contribution in [2.75, 3.05) is 7.11 Å². The van der Waals surface area contributed by atoms with Gasteiger partial charge in [-0.05, 0) is 61.7 Å². The van der Waals surface area contributed by atoms with Crippen LogP contribution in [0.15, 0.2) is 47.4 Å². The second kappa shape index (κ2) is 9.58. The molecule has 31 heavy (non-hydrogen) atoms. The van der Waals surface area contributed by atoms with Gasteiger partial charge in [0.1, 0.15) is 5.75 Å². The lowest BCUT2D eigenvalue weighted by atomic mass is 9.88. The zero-order valence-electron chi connectivity index (χ0n) is 18.1. The van der Waals surface area contributed by atoms with Gasteiger partial charge in [-0.15, -0.1) is 11.3 Å². The van der Waals surface area contributed by atoms with Gasteiger partial charge in [-0.1, -0.05) is 12.1 Å². The Hall–Kier alpha value is -2.77. The van der Waals surface area contributed by atoms with Crippen LogP contribution in [0.2, 0.25) is 0 Å². The van der Waals surface area contributed by atoms with Crippen molar-refractivity contribution in [1.82, 2.24) is 14.9 Å². The Kier molecular flexibility index (Phi) is 6.63. The van der Waals surface area contributed by atoms with Crippen molar-refractivity contribution < 1.29 is 14.3 Å². The van der Waals surface area contributed by atoms with Crippen molar-refractivity contribution in [2.45, 2.75) is 51.7 Å². The highest BCUT2D eigenvalue weighted by Gasteiger charge is 2.36. The van der Waals surface area contributed by atoms with Gasteiger partial charge in [0.2, 0.25) is 0 Å². The van der Waals surface area contributed by atoms with Gasteiger partial charge in [0.05, 0.1) is 30.6 Å². The highest BCUT2D eigenvalue weighted by Crippen LogP contribution is 2.44. The number of pyridine rings is 2. The molecule has 162 valence electrons. The molecule has 0 aromatic carbocycles. The number of ether oxygens (including phenoxy) is 2. The molecule has 1 fully saturated rings. The molecule has 0 saturated carbocycles. The molecular formula is C24H27N3O3S. The number of nitrogens with zero attached hydrogens (tertiary/aromatic N) is 3. The van der Waals surface area contributed by atoms with Gasteiger partial charge in [-0.25, -0.2) is 4.79 Å². The van der Waals surface area contributed by atoms with E-state index in [1.165, 1.54) is 29.6 Å². The average Bonchev–Trinajstić information content (AvgIpc) is 3.21. The highest BCUT2D eigenvalue weighted by atomic mass is 32.1.